The van der Waals surface area contributed by atoms with Crippen LogP contribution in [0.5, 0.6) is 0 Å². The summed E-state index contributed by atoms with van der Waals surface area (Å²) in [4.78, 5) is 15.6. The lowest BCUT2D eigenvalue weighted by molar-refractivity contribution is 0.0731. The number of nitrogens with zero attached hydrogens (tertiary/aromatic N) is 5. The number of aromatic nitrogens is 4. The SMILES string of the molecule is Cc1nc(C2CC(O)C2)cc(N(C)CCCc2nccn2C)n1. The second-order valence-corrected chi connectivity index (χ2v) is 6.50. The predicted molar refractivity (Wildman–Crippen MR) is 89.5 cm³/mol. The molecule has 0 bridgehead atoms. The quantitative estimate of drug-likeness (QED) is 0.881. The van der Waals surface area contributed by atoms with Crippen LogP contribution in [-0.2, 0) is 13.5 Å². The van der Waals surface area contributed by atoms with E-state index in [1.807, 2.05) is 26.4 Å². The minimum atomic E-state index is -0.158. The van der Waals surface area contributed by atoms with Gasteiger partial charge in [-0.25, -0.2) is 15.0 Å². The van der Waals surface area contributed by atoms with E-state index in [-0.39, 0.29) is 6.10 Å². The maximum atomic E-state index is 9.49. The lowest BCUT2D eigenvalue weighted by Gasteiger charge is -2.31. The summed E-state index contributed by atoms with van der Waals surface area (Å²) in [6, 6.07) is 2.07. The van der Waals surface area contributed by atoms with Crippen molar-refractivity contribution in [3.8, 4) is 0 Å². The Morgan fingerprint density at radius 2 is 2.13 bits per heavy atom. The summed E-state index contributed by atoms with van der Waals surface area (Å²) in [7, 11) is 4.10. The number of aliphatic hydroxyl groups excluding tert-OH is 1. The van der Waals surface area contributed by atoms with E-state index in [9.17, 15) is 5.11 Å². The van der Waals surface area contributed by atoms with Crippen LogP contribution in [0, 0.1) is 6.92 Å². The summed E-state index contributed by atoms with van der Waals surface area (Å²) >= 11 is 0. The van der Waals surface area contributed by atoms with Crippen LogP contribution in [0.3, 0.4) is 0 Å². The second-order valence-electron chi connectivity index (χ2n) is 6.50. The highest BCUT2D eigenvalue weighted by Crippen LogP contribution is 2.36. The summed E-state index contributed by atoms with van der Waals surface area (Å²) in [5.74, 6) is 3.26. The average Bonchev–Trinajstić information content (AvgIpc) is 2.88. The fourth-order valence-electron chi connectivity index (χ4n) is 3.03. The maximum Gasteiger partial charge on any atom is 0.132 e. The highest BCUT2D eigenvalue weighted by molar-refractivity contribution is 5.40. The van der Waals surface area contributed by atoms with Gasteiger partial charge < -0.3 is 14.6 Å². The van der Waals surface area contributed by atoms with Gasteiger partial charge in [0.1, 0.15) is 17.5 Å². The number of rotatable bonds is 6. The van der Waals surface area contributed by atoms with E-state index in [0.29, 0.717) is 5.92 Å². The summed E-state index contributed by atoms with van der Waals surface area (Å²) in [5, 5.41) is 9.49. The van der Waals surface area contributed by atoms with Gasteiger partial charge in [0.2, 0.25) is 0 Å². The minimum Gasteiger partial charge on any atom is -0.393 e. The van der Waals surface area contributed by atoms with Gasteiger partial charge in [0, 0.05) is 57.1 Å². The van der Waals surface area contributed by atoms with Crippen LogP contribution in [0.25, 0.3) is 0 Å². The van der Waals surface area contributed by atoms with Crippen molar-refractivity contribution in [1.82, 2.24) is 19.5 Å². The molecule has 0 aromatic carbocycles. The third-order valence-electron chi connectivity index (χ3n) is 4.58. The van der Waals surface area contributed by atoms with Gasteiger partial charge in [-0.15, -0.1) is 0 Å². The molecule has 0 unspecified atom stereocenters. The van der Waals surface area contributed by atoms with Crippen LogP contribution >= 0.6 is 0 Å². The summed E-state index contributed by atoms with van der Waals surface area (Å²) in [6.45, 7) is 2.86. The van der Waals surface area contributed by atoms with Crippen molar-refractivity contribution in [2.45, 2.75) is 44.6 Å². The molecular weight excluding hydrogens is 290 g/mol. The molecule has 1 saturated carbocycles. The maximum absolute atomic E-state index is 9.49. The van der Waals surface area contributed by atoms with Gasteiger partial charge in [-0.05, 0) is 26.2 Å². The predicted octanol–water partition coefficient (Wildman–Crippen LogP) is 1.83. The van der Waals surface area contributed by atoms with Crippen molar-refractivity contribution >= 4 is 5.82 Å². The first-order valence-electron chi connectivity index (χ1n) is 8.24. The average molecular weight is 315 g/mol. The van der Waals surface area contributed by atoms with Gasteiger partial charge in [-0.3, -0.25) is 0 Å². The largest absolute Gasteiger partial charge is 0.393 e. The molecule has 6 heteroatoms. The Kier molecular flexibility index (Phi) is 4.61. The van der Waals surface area contributed by atoms with Crippen molar-refractivity contribution in [2.75, 3.05) is 18.5 Å². The van der Waals surface area contributed by atoms with E-state index in [4.69, 9.17) is 0 Å². The van der Waals surface area contributed by atoms with Crippen LogP contribution in [0.15, 0.2) is 18.5 Å². The van der Waals surface area contributed by atoms with E-state index in [0.717, 1.165) is 55.4 Å². The zero-order chi connectivity index (χ0) is 16.4. The van der Waals surface area contributed by atoms with E-state index in [1.54, 1.807) is 0 Å². The van der Waals surface area contributed by atoms with Gasteiger partial charge in [0.05, 0.1) is 6.10 Å². The topological polar surface area (TPSA) is 67.1 Å². The first kappa shape index (κ1) is 15.9. The number of aliphatic hydroxyl groups is 1. The van der Waals surface area contributed by atoms with Crippen molar-refractivity contribution in [1.29, 1.82) is 0 Å². The molecule has 1 N–H and O–H groups in total. The molecule has 0 atom stereocenters. The van der Waals surface area contributed by atoms with Crippen LogP contribution in [0.1, 0.15) is 42.5 Å². The van der Waals surface area contributed by atoms with Crippen molar-refractivity contribution in [3.05, 3.63) is 35.8 Å². The molecule has 6 nitrogen and oxygen atoms in total. The number of hydrogen-bond acceptors (Lipinski definition) is 5. The Hall–Kier alpha value is -1.95. The Bertz CT molecular complexity index is 663. The number of hydrogen-bond donors (Lipinski definition) is 1. The molecule has 1 aliphatic rings. The minimum absolute atomic E-state index is 0.158. The Balaban J connectivity index is 1.60. The third-order valence-corrected chi connectivity index (χ3v) is 4.58. The molecule has 1 fully saturated rings. The first-order valence-corrected chi connectivity index (χ1v) is 8.24. The molecule has 0 radical (unpaired) electrons. The van der Waals surface area contributed by atoms with Gasteiger partial charge in [0.15, 0.2) is 0 Å². The summed E-state index contributed by atoms with van der Waals surface area (Å²) < 4.78 is 2.06. The first-order chi connectivity index (χ1) is 11.0. The Morgan fingerprint density at radius 1 is 1.35 bits per heavy atom. The molecule has 2 aromatic heterocycles. The standard InChI is InChI=1S/C17H25N5O/c1-12-19-15(13-9-14(23)10-13)11-17(20-12)21(2)7-4-5-16-18-6-8-22(16)3/h6,8,11,13-14,23H,4-5,7,9-10H2,1-3H3. The number of aryl methyl sites for hydroxylation is 3. The molecule has 0 amide bonds. The lowest BCUT2D eigenvalue weighted by Crippen LogP contribution is -2.28. The van der Waals surface area contributed by atoms with Crippen molar-refractivity contribution in [2.24, 2.45) is 7.05 Å². The third kappa shape index (κ3) is 3.69. The molecule has 2 aromatic rings. The lowest BCUT2D eigenvalue weighted by atomic mass is 9.80. The molecule has 124 valence electrons. The van der Waals surface area contributed by atoms with Gasteiger partial charge in [0.25, 0.3) is 0 Å². The molecule has 3 rings (SSSR count). The van der Waals surface area contributed by atoms with Gasteiger partial charge in [-0.2, -0.15) is 0 Å². The summed E-state index contributed by atoms with van der Waals surface area (Å²) in [6.07, 6.45) is 7.28. The summed E-state index contributed by atoms with van der Waals surface area (Å²) in [5.41, 5.74) is 1.06. The molecule has 0 saturated heterocycles. The zero-order valence-corrected chi connectivity index (χ0v) is 14.1. The highest BCUT2D eigenvalue weighted by atomic mass is 16.3. The second kappa shape index (κ2) is 6.66. The van der Waals surface area contributed by atoms with E-state index in [1.165, 1.54) is 0 Å². The molecule has 2 heterocycles. The highest BCUT2D eigenvalue weighted by Gasteiger charge is 2.30. The van der Waals surface area contributed by atoms with Crippen molar-refractivity contribution < 1.29 is 5.11 Å². The Labute approximate surface area is 137 Å². The van der Waals surface area contributed by atoms with Crippen LogP contribution in [0.4, 0.5) is 5.82 Å². The Morgan fingerprint density at radius 3 is 2.78 bits per heavy atom. The fraction of sp³-hybridized carbons (Fsp3) is 0.588. The van der Waals surface area contributed by atoms with Gasteiger partial charge >= 0.3 is 0 Å². The number of imidazole rings is 1. The monoisotopic (exact) mass is 315 g/mol. The van der Waals surface area contributed by atoms with Crippen molar-refractivity contribution in [3.63, 3.8) is 0 Å². The number of anilines is 1. The van der Waals surface area contributed by atoms with E-state index < -0.39 is 0 Å². The molecule has 1 aliphatic carbocycles. The molecule has 0 aliphatic heterocycles. The zero-order valence-electron chi connectivity index (χ0n) is 14.1. The molecular formula is C17H25N5O. The van der Waals surface area contributed by atoms with Gasteiger partial charge in [-0.1, -0.05) is 0 Å². The van der Waals surface area contributed by atoms with E-state index in [2.05, 4.69) is 37.5 Å². The van der Waals surface area contributed by atoms with Crippen LogP contribution in [0.2, 0.25) is 0 Å². The van der Waals surface area contributed by atoms with Crippen LogP contribution < -0.4 is 4.90 Å². The smallest absolute Gasteiger partial charge is 0.132 e. The molecule has 23 heavy (non-hydrogen) atoms. The van der Waals surface area contributed by atoms with E-state index >= 15 is 0 Å². The molecule has 0 spiro atoms. The normalized spacial score (nSPS) is 20.3. The fourth-order valence-corrected chi connectivity index (χ4v) is 3.03. The van der Waals surface area contributed by atoms with Crippen LogP contribution in [-0.4, -0.2) is 44.3 Å².